The van der Waals surface area contributed by atoms with Crippen LogP contribution in [0.1, 0.15) is 32.6 Å². The molecule has 1 aromatic rings. The fraction of sp³-hybridized carbons (Fsp3) is 0.375. The zero-order valence-electron chi connectivity index (χ0n) is 12.3. The standard InChI is InChI=1S/C16H21NO4/c1-12(2)16(19)20-11-5-3-4-6-15(18)21-14-9-7-13(17)8-10-14/h7-10H,1,3-6,11,17H2,2H3. The Morgan fingerprint density at radius 2 is 1.81 bits per heavy atom. The van der Waals surface area contributed by atoms with Gasteiger partial charge < -0.3 is 15.2 Å². The van der Waals surface area contributed by atoms with E-state index in [1.807, 2.05) is 0 Å². The molecule has 21 heavy (non-hydrogen) atoms. The second kappa shape index (κ2) is 8.79. The van der Waals surface area contributed by atoms with Crippen LogP contribution in [0, 0.1) is 0 Å². The number of unbranched alkanes of at least 4 members (excludes halogenated alkanes) is 2. The minimum Gasteiger partial charge on any atom is -0.462 e. The summed E-state index contributed by atoms with van der Waals surface area (Å²) in [5.41, 5.74) is 6.56. The summed E-state index contributed by atoms with van der Waals surface area (Å²) >= 11 is 0. The molecule has 0 heterocycles. The van der Waals surface area contributed by atoms with E-state index in [0.29, 0.717) is 42.9 Å². The predicted molar refractivity (Wildman–Crippen MR) is 80.7 cm³/mol. The molecule has 114 valence electrons. The van der Waals surface area contributed by atoms with E-state index in [4.69, 9.17) is 15.2 Å². The number of esters is 2. The van der Waals surface area contributed by atoms with Gasteiger partial charge >= 0.3 is 11.9 Å². The molecule has 0 atom stereocenters. The topological polar surface area (TPSA) is 78.6 Å². The van der Waals surface area contributed by atoms with E-state index in [9.17, 15) is 9.59 Å². The highest BCUT2D eigenvalue weighted by atomic mass is 16.5. The molecule has 5 nitrogen and oxygen atoms in total. The van der Waals surface area contributed by atoms with Crippen molar-refractivity contribution in [3.63, 3.8) is 0 Å². The molecule has 0 radical (unpaired) electrons. The quantitative estimate of drug-likeness (QED) is 0.262. The molecule has 0 bridgehead atoms. The number of hydrogen-bond acceptors (Lipinski definition) is 5. The van der Waals surface area contributed by atoms with Crippen LogP contribution in [-0.4, -0.2) is 18.5 Å². The van der Waals surface area contributed by atoms with Gasteiger partial charge in [-0.2, -0.15) is 0 Å². The van der Waals surface area contributed by atoms with Crippen molar-refractivity contribution in [3.8, 4) is 5.75 Å². The first kappa shape index (κ1) is 16.8. The van der Waals surface area contributed by atoms with Crippen molar-refractivity contribution in [1.82, 2.24) is 0 Å². The molecule has 0 saturated heterocycles. The number of rotatable bonds is 8. The van der Waals surface area contributed by atoms with Gasteiger partial charge in [-0.15, -0.1) is 0 Å². The third kappa shape index (κ3) is 7.15. The van der Waals surface area contributed by atoms with E-state index in [1.54, 1.807) is 31.2 Å². The van der Waals surface area contributed by atoms with Crippen LogP contribution in [0.5, 0.6) is 5.75 Å². The normalized spacial score (nSPS) is 9.95. The maximum Gasteiger partial charge on any atom is 0.333 e. The minimum atomic E-state index is -0.377. The van der Waals surface area contributed by atoms with Crippen molar-refractivity contribution < 1.29 is 19.1 Å². The van der Waals surface area contributed by atoms with Gasteiger partial charge in [0.05, 0.1) is 6.61 Å². The molecule has 0 aromatic heterocycles. The highest BCUT2D eigenvalue weighted by Crippen LogP contribution is 2.14. The van der Waals surface area contributed by atoms with Crippen molar-refractivity contribution in [3.05, 3.63) is 36.4 Å². The van der Waals surface area contributed by atoms with E-state index >= 15 is 0 Å². The summed E-state index contributed by atoms with van der Waals surface area (Å²) in [6.45, 7) is 5.45. The summed E-state index contributed by atoms with van der Waals surface area (Å²) in [6, 6.07) is 6.67. The van der Waals surface area contributed by atoms with Crippen LogP contribution in [0.4, 0.5) is 5.69 Å². The smallest absolute Gasteiger partial charge is 0.333 e. The number of nitrogen functional groups attached to an aromatic ring is 1. The average molecular weight is 291 g/mol. The summed E-state index contributed by atoms with van der Waals surface area (Å²) < 4.78 is 10.1. The molecule has 0 fully saturated rings. The molecule has 0 saturated carbocycles. The Morgan fingerprint density at radius 1 is 1.14 bits per heavy atom. The molecular weight excluding hydrogens is 270 g/mol. The third-order valence-corrected chi connectivity index (χ3v) is 2.72. The Hall–Kier alpha value is -2.30. The fourth-order valence-electron chi connectivity index (χ4n) is 1.55. The molecule has 0 unspecified atom stereocenters. The number of carbonyl (C=O) groups excluding carboxylic acids is 2. The van der Waals surface area contributed by atoms with Crippen molar-refractivity contribution in [2.45, 2.75) is 32.6 Å². The zero-order valence-corrected chi connectivity index (χ0v) is 12.3. The molecule has 1 aromatic carbocycles. The lowest BCUT2D eigenvalue weighted by atomic mass is 10.2. The maximum atomic E-state index is 11.6. The molecule has 5 heteroatoms. The van der Waals surface area contributed by atoms with Crippen molar-refractivity contribution in [1.29, 1.82) is 0 Å². The lowest BCUT2D eigenvalue weighted by Gasteiger charge is -2.05. The van der Waals surface area contributed by atoms with Gasteiger partial charge in [-0.25, -0.2) is 4.79 Å². The van der Waals surface area contributed by atoms with Gasteiger partial charge in [0.25, 0.3) is 0 Å². The molecular formula is C16H21NO4. The first-order valence-corrected chi connectivity index (χ1v) is 6.88. The number of ether oxygens (including phenoxy) is 2. The van der Waals surface area contributed by atoms with Crippen LogP contribution in [0.3, 0.4) is 0 Å². The predicted octanol–water partition coefficient (Wildman–Crippen LogP) is 2.85. The Labute approximate surface area is 124 Å². The van der Waals surface area contributed by atoms with Crippen molar-refractivity contribution in [2.75, 3.05) is 12.3 Å². The molecule has 1 rings (SSSR count). The first-order valence-electron chi connectivity index (χ1n) is 6.88. The summed E-state index contributed by atoms with van der Waals surface area (Å²) in [5, 5.41) is 0. The fourth-order valence-corrected chi connectivity index (χ4v) is 1.55. The van der Waals surface area contributed by atoms with Gasteiger partial charge in [-0.3, -0.25) is 4.79 Å². The SMILES string of the molecule is C=C(C)C(=O)OCCCCCC(=O)Oc1ccc(N)cc1. The monoisotopic (exact) mass is 291 g/mol. The van der Waals surface area contributed by atoms with Crippen LogP contribution in [0.15, 0.2) is 36.4 Å². The number of anilines is 1. The molecule has 0 amide bonds. The van der Waals surface area contributed by atoms with Crippen LogP contribution < -0.4 is 10.5 Å². The lowest BCUT2D eigenvalue weighted by Crippen LogP contribution is -2.08. The second-order valence-corrected chi connectivity index (χ2v) is 4.77. The molecule has 0 aliphatic carbocycles. The average Bonchev–Trinajstić information content (AvgIpc) is 2.44. The van der Waals surface area contributed by atoms with Gasteiger partial charge in [0.1, 0.15) is 5.75 Å². The number of nitrogens with two attached hydrogens (primary N) is 1. The number of hydrogen-bond donors (Lipinski definition) is 1. The Balaban J connectivity index is 2.10. The zero-order chi connectivity index (χ0) is 15.7. The Morgan fingerprint density at radius 3 is 2.43 bits per heavy atom. The molecule has 0 aliphatic rings. The summed E-state index contributed by atoms with van der Waals surface area (Å²) in [4.78, 5) is 22.7. The molecule has 0 spiro atoms. The van der Waals surface area contributed by atoms with Gasteiger partial charge in [-0.05, 0) is 50.5 Å². The van der Waals surface area contributed by atoms with Crippen LogP contribution in [0.25, 0.3) is 0 Å². The summed E-state index contributed by atoms with van der Waals surface area (Å²) in [5.74, 6) is -0.166. The highest BCUT2D eigenvalue weighted by molar-refractivity contribution is 5.86. The van der Waals surface area contributed by atoms with Crippen molar-refractivity contribution in [2.24, 2.45) is 0 Å². The third-order valence-electron chi connectivity index (χ3n) is 2.72. The van der Waals surface area contributed by atoms with Crippen LogP contribution in [-0.2, 0) is 14.3 Å². The van der Waals surface area contributed by atoms with Crippen molar-refractivity contribution >= 4 is 17.6 Å². The maximum absolute atomic E-state index is 11.6. The van der Waals surface area contributed by atoms with E-state index in [-0.39, 0.29) is 11.9 Å². The minimum absolute atomic E-state index is 0.279. The van der Waals surface area contributed by atoms with E-state index in [2.05, 4.69) is 6.58 Å². The van der Waals surface area contributed by atoms with Gasteiger partial charge in [0, 0.05) is 17.7 Å². The van der Waals surface area contributed by atoms with Crippen LogP contribution >= 0.6 is 0 Å². The second-order valence-electron chi connectivity index (χ2n) is 4.77. The molecule has 2 N–H and O–H groups in total. The Bertz CT molecular complexity index is 494. The highest BCUT2D eigenvalue weighted by Gasteiger charge is 2.05. The molecule has 0 aliphatic heterocycles. The summed E-state index contributed by atoms with van der Waals surface area (Å²) in [6.07, 6.45) is 2.53. The summed E-state index contributed by atoms with van der Waals surface area (Å²) in [7, 11) is 0. The lowest BCUT2D eigenvalue weighted by molar-refractivity contribution is -0.139. The van der Waals surface area contributed by atoms with Crippen LogP contribution in [0.2, 0.25) is 0 Å². The van der Waals surface area contributed by atoms with Gasteiger partial charge in [0.2, 0.25) is 0 Å². The first-order chi connectivity index (χ1) is 9.99. The van der Waals surface area contributed by atoms with E-state index < -0.39 is 0 Å². The van der Waals surface area contributed by atoms with E-state index in [1.165, 1.54) is 0 Å². The van der Waals surface area contributed by atoms with Gasteiger partial charge in [0.15, 0.2) is 0 Å². The van der Waals surface area contributed by atoms with Gasteiger partial charge in [-0.1, -0.05) is 6.58 Å². The van der Waals surface area contributed by atoms with E-state index in [0.717, 1.165) is 6.42 Å². The number of carbonyl (C=O) groups is 2. The largest absolute Gasteiger partial charge is 0.462 e. The Kier molecular flexibility index (Phi) is 7.01. The number of benzene rings is 1.